The Kier molecular flexibility index (Phi) is 7.82. The standard InChI is InChI=1S/C54H36N2O/c1-2-15-37(16-3-1)38-29-33-40(34-30-38)55(41-35-31-39(32-36-41)42-22-14-23-48-47-21-8-13-28-53(47)57-54(42)48)49-24-9-4-17-43(49)44-18-5-10-25-50(44)56-51-26-11-6-19-45(51)46-20-7-12-27-52(46)56/h1-36H. The highest BCUT2D eigenvalue weighted by atomic mass is 16.3. The van der Waals surface area contributed by atoms with E-state index in [1.54, 1.807) is 0 Å². The summed E-state index contributed by atoms with van der Waals surface area (Å²) in [5.74, 6) is 0. The Hall–Kier alpha value is -7.62. The van der Waals surface area contributed by atoms with Gasteiger partial charge < -0.3 is 13.9 Å². The van der Waals surface area contributed by atoms with Gasteiger partial charge >= 0.3 is 0 Å². The van der Waals surface area contributed by atoms with E-state index in [4.69, 9.17) is 4.42 Å². The molecule has 0 aliphatic rings. The minimum atomic E-state index is 0.902. The summed E-state index contributed by atoms with van der Waals surface area (Å²) >= 11 is 0. The molecule has 9 aromatic carbocycles. The number of anilines is 3. The van der Waals surface area contributed by atoms with Crippen LogP contribution in [0, 0.1) is 0 Å². The second-order valence-corrected chi connectivity index (χ2v) is 14.5. The van der Waals surface area contributed by atoms with Crippen LogP contribution in [0.2, 0.25) is 0 Å². The van der Waals surface area contributed by atoms with E-state index in [1.807, 2.05) is 12.1 Å². The summed E-state index contributed by atoms with van der Waals surface area (Å²) in [6.45, 7) is 0. The molecule has 2 heterocycles. The summed E-state index contributed by atoms with van der Waals surface area (Å²) in [6.07, 6.45) is 0. The molecular formula is C54H36N2O. The minimum Gasteiger partial charge on any atom is -0.455 e. The zero-order valence-electron chi connectivity index (χ0n) is 31.1. The highest BCUT2D eigenvalue weighted by Gasteiger charge is 2.21. The molecule has 0 unspecified atom stereocenters. The molecule has 11 aromatic rings. The van der Waals surface area contributed by atoms with Gasteiger partial charge in [-0.1, -0.05) is 164 Å². The van der Waals surface area contributed by atoms with Crippen molar-refractivity contribution in [3.8, 4) is 39.1 Å². The third kappa shape index (κ3) is 5.51. The topological polar surface area (TPSA) is 21.3 Å². The molecule has 0 saturated carbocycles. The van der Waals surface area contributed by atoms with Crippen LogP contribution >= 0.6 is 0 Å². The Morgan fingerprint density at radius 3 is 1.56 bits per heavy atom. The molecule has 3 nitrogen and oxygen atoms in total. The third-order valence-electron chi connectivity index (χ3n) is 11.2. The molecule has 0 fully saturated rings. The molecule has 268 valence electrons. The molecule has 0 atom stereocenters. The van der Waals surface area contributed by atoms with Gasteiger partial charge in [-0.05, 0) is 71.3 Å². The van der Waals surface area contributed by atoms with Crippen LogP contribution in [-0.4, -0.2) is 4.57 Å². The normalized spacial score (nSPS) is 11.5. The van der Waals surface area contributed by atoms with E-state index >= 15 is 0 Å². The van der Waals surface area contributed by atoms with Crippen molar-refractivity contribution in [2.75, 3.05) is 4.90 Å². The van der Waals surface area contributed by atoms with Gasteiger partial charge in [-0.2, -0.15) is 0 Å². The SMILES string of the molecule is c1ccc(-c2ccc(N(c3ccc(-c4cccc5c4oc4ccccc45)cc3)c3ccccc3-c3ccccc3-n3c4ccccc4c4ccccc43)cc2)cc1. The smallest absolute Gasteiger partial charge is 0.143 e. The molecule has 0 radical (unpaired) electrons. The van der Waals surface area contributed by atoms with Gasteiger partial charge in [0.1, 0.15) is 11.2 Å². The van der Waals surface area contributed by atoms with Crippen LogP contribution in [0.5, 0.6) is 0 Å². The largest absolute Gasteiger partial charge is 0.455 e. The zero-order valence-corrected chi connectivity index (χ0v) is 31.1. The summed E-state index contributed by atoms with van der Waals surface area (Å²) in [7, 11) is 0. The van der Waals surface area contributed by atoms with Gasteiger partial charge in [0.05, 0.1) is 22.4 Å². The van der Waals surface area contributed by atoms with Gasteiger partial charge in [-0.3, -0.25) is 0 Å². The Labute approximate surface area is 330 Å². The minimum absolute atomic E-state index is 0.902. The molecular weight excluding hydrogens is 693 g/mol. The second kappa shape index (κ2) is 13.6. The van der Waals surface area contributed by atoms with Crippen molar-refractivity contribution >= 4 is 60.8 Å². The average molecular weight is 729 g/mol. The fourth-order valence-electron chi connectivity index (χ4n) is 8.60. The highest BCUT2D eigenvalue weighted by molar-refractivity contribution is 6.11. The van der Waals surface area contributed by atoms with Crippen LogP contribution in [0.4, 0.5) is 17.1 Å². The van der Waals surface area contributed by atoms with E-state index in [9.17, 15) is 0 Å². The van der Waals surface area contributed by atoms with E-state index in [2.05, 4.69) is 216 Å². The van der Waals surface area contributed by atoms with E-state index in [0.29, 0.717) is 0 Å². The molecule has 0 bridgehead atoms. The maximum atomic E-state index is 6.45. The van der Waals surface area contributed by atoms with Crippen molar-refractivity contribution < 1.29 is 4.42 Å². The van der Waals surface area contributed by atoms with Crippen LogP contribution in [0.25, 0.3) is 82.8 Å². The van der Waals surface area contributed by atoms with Gasteiger partial charge in [-0.25, -0.2) is 0 Å². The summed E-state index contributed by atoms with van der Waals surface area (Å²) in [5, 5.41) is 4.75. The quantitative estimate of drug-likeness (QED) is 0.163. The van der Waals surface area contributed by atoms with Crippen LogP contribution in [0.15, 0.2) is 223 Å². The summed E-state index contributed by atoms with van der Waals surface area (Å²) in [4.78, 5) is 2.39. The molecule has 2 aromatic heterocycles. The third-order valence-corrected chi connectivity index (χ3v) is 11.2. The molecule has 0 N–H and O–H groups in total. The maximum Gasteiger partial charge on any atom is 0.143 e. The fraction of sp³-hybridized carbons (Fsp3) is 0. The number of hydrogen-bond acceptors (Lipinski definition) is 2. The number of rotatable bonds is 7. The first-order valence-corrected chi connectivity index (χ1v) is 19.4. The molecule has 0 amide bonds. The Bertz CT molecular complexity index is 3170. The molecule has 0 spiro atoms. The van der Waals surface area contributed by atoms with Crippen molar-refractivity contribution in [2.45, 2.75) is 0 Å². The van der Waals surface area contributed by atoms with Gasteiger partial charge in [0, 0.05) is 49.6 Å². The predicted octanol–water partition coefficient (Wildman–Crippen LogP) is 15.2. The lowest BCUT2D eigenvalue weighted by atomic mass is 9.98. The number of aromatic nitrogens is 1. The van der Waals surface area contributed by atoms with E-state index in [0.717, 1.165) is 66.9 Å². The van der Waals surface area contributed by atoms with Gasteiger partial charge in [0.2, 0.25) is 0 Å². The molecule has 3 heteroatoms. The van der Waals surface area contributed by atoms with Crippen LogP contribution in [0.3, 0.4) is 0 Å². The molecule has 57 heavy (non-hydrogen) atoms. The number of hydrogen-bond donors (Lipinski definition) is 0. The monoisotopic (exact) mass is 728 g/mol. The molecule has 11 rings (SSSR count). The van der Waals surface area contributed by atoms with Crippen molar-refractivity contribution in [1.82, 2.24) is 4.57 Å². The average Bonchev–Trinajstić information content (AvgIpc) is 3.84. The lowest BCUT2D eigenvalue weighted by Gasteiger charge is -2.29. The van der Waals surface area contributed by atoms with Gasteiger partial charge in [-0.15, -0.1) is 0 Å². The van der Waals surface area contributed by atoms with Crippen LogP contribution in [0.1, 0.15) is 0 Å². The number of fused-ring (bicyclic) bond motifs is 6. The first-order chi connectivity index (χ1) is 28.3. The summed E-state index contributed by atoms with van der Waals surface area (Å²) in [6, 6.07) is 78.1. The Morgan fingerprint density at radius 2 is 0.842 bits per heavy atom. The molecule has 0 saturated heterocycles. The van der Waals surface area contributed by atoms with Crippen molar-refractivity contribution in [2.24, 2.45) is 0 Å². The number of nitrogens with zero attached hydrogens (tertiary/aromatic N) is 2. The first-order valence-electron chi connectivity index (χ1n) is 19.4. The lowest BCUT2D eigenvalue weighted by molar-refractivity contribution is 0.670. The summed E-state index contributed by atoms with van der Waals surface area (Å²) < 4.78 is 8.87. The lowest BCUT2D eigenvalue weighted by Crippen LogP contribution is -2.11. The first kappa shape index (κ1) is 32.8. The Balaban J connectivity index is 1.09. The van der Waals surface area contributed by atoms with Crippen molar-refractivity contribution in [3.05, 3.63) is 218 Å². The second-order valence-electron chi connectivity index (χ2n) is 14.5. The molecule has 0 aliphatic carbocycles. The van der Waals surface area contributed by atoms with Gasteiger partial charge in [0.25, 0.3) is 0 Å². The number of para-hydroxylation sites is 6. The van der Waals surface area contributed by atoms with E-state index in [1.165, 1.54) is 32.9 Å². The van der Waals surface area contributed by atoms with E-state index in [-0.39, 0.29) is 0 Å². The van der Waals surface area contributed by atoms with Crippen LogP contribution in [-0.2, 0) is 0 Å². The number of benzene rings is 9. The Morgan fingerprint density at radius 1 is 0.333 bits per heavy atom. The maximum absolute atomic E-state index is 6.45. The van der Waals surface area contributed by atoms with Gasteiger partial charge in [0.15, 0.2) is 0 Å². The summed E-state index contributed by atoms with van der Waals surface area (Å²) in [5.41, 5.74) is 15.4. The van der Waals surface area contributed by atoms with Crippen molar-refractivity contribution in [3.63, 3.8) is 0 Å². The van der Waals surface area contributed by atoms with Crippen LogP contribution < -0.4 is 4.90 Å². The molecule has 0 aliphatic heterocycles. The van der Waals surface area contributed by atoms with Crippen molar-refractivity contribution in [1.29, 1.82) is 0 Å². The number of furan rings is 1. The predicted molar refractivity (Wildman–Crippen MR) is 239 cm³/mol. The fourth-order valence-corrected chi connectivity index (χ4v) is 8.60. The zero-order chi connectivity index (χ0) is 37.7. The van der Waals surface area contributed by atoms with E-state index < -0.39 is 0 Å². The highest BCUT2D eigenvalue weighted by Crippen LogP contribution is 2.45.